The zero-order valence-electron chi connectivity index (χ0n) is 11.2. The first-order valence-electron chi connectivity index (χ1n) is 5.81. The van der Waals surface area contributed by atoms with Crippen molar-refractivity contribution in [2.75, 3.05) is 12.8 Å². The molecule has 0 amide bonds. The van der Waals surface area contributed by atoms with Gasteiger partial charge in [0.25, 0.3) is 0 Å². The third-order valence-corrected chi connectivity index (χ3v) is 5.30. The number of thiocarbonyl (C=S) groups is 1. The van der Waals surface area contributed by atoms with E-state index in [-0.39, 0.29) is 16.4 Å². The SMILES string of the molecule is CS(=O)(=O)c1ccc(F)c(S(=O)(=O)NCCCC(N)=S)c1. The fourth-order valence-electron chi connectivity index (χ4n) is 1.47. The highest BCUT2D eigenvalue weighted by Gasteiger charge is 2.21. The Kier molecular flexibility index (Phi) is 5.79. The first-order chi connectivity index (χ1) is 9.54. The van der Waals surface area contributed by atoms with Gasteiger partial charge >= 0.3 is 0 Å². The van der Waals surface area contributed by atoms with Gasteiger partial charge in [-0.15, -0.1) is 0 Å². The summed E-state index contributed by atoms with van der Waals surface area (Å²) in [5, 5.41) is 0. The van der Waals surface area contributed by atoms with E-state index < -0.39 is 30.6 Å². The summed E-state index contributed by atoms with van der Waals surface area (Å²) in [5.41, 5.74) is 5.27. The van der Waals surface area contributed by atoms with Gasteiger partial charge in [0.2, 0.25) is 10.0 Å². The van der Waals surface area contributed by atoms with Gasteiger partial charge in [0.15, 0.2) is 9.84 Å². The van der Waals surface area contributed by atoms with Gasteiger partial charge in [-0.25, -0.2) is 25.9 Å². The van der Waals surface area contributed by atoms with Crippen molar-refractivity contribution in [3.8, 4) is 0 Å². The normalized spacial score (nSPS) is 12.3. The van der Waals surface area contributed by atoms with Crippen LogP contribution in [0.25, 0.3) is 0 Å². The molecule has 10 heteroatoms. The van der Waals surface area contributed by atoms with Crippen molar-refractivity contribution in [1.29, 1.82) is 0 Å². The van der Waals surface area contributed by atoms with Crippen LogP contribution in [0.15, 0.2) is 28.0 Å². The Labute approximate surface area is 128 Å². The fraction of sp³-hybridized carbons (Fsp3) is 0.364. The molecule has 0 heterocycles. The second kappa shape index (κ2) is 6.77. The Bertz CT molecular complexity index is 745. The van der Waals surface area contributed by atoms with Gasteiger partial charge in [-0.05, 0) is 31.0 Å². The molecular weight excluding hydrogens is 339 g/mol. The lowest BCUT2D eigenvalue weighted by Crippen LogP contribution is -2.26. The zero-order chi connectivity index (χ0) is 16.3. The Morgan fingerprint density at radius 3 is 2.48 bits per heavy atom. The van der Waals surface area contributed by atoms with Crippen molar-refractivity contribution in [2.45, 2.75) is 22.6 Å². The highest BCUT2D eigenvalue weighted by atomic mass is 32.2. The number of benzene rings is 1. The molecule has 0 spiro atoms. The van der Waals surface area contributed by atoms with Crippen LogP contribution in [-0.2, 0) is 19.9 Å². The summed E-state index contributed by atoms with van der Waals surface area (Å²) in [7, 11) is -7.78. The van der Waals surface area contributed by atoms with E-state index in [1.807, 2.05) is 0 Å². The summed E-state index contributed by atoms with van der Waals surface area (Å²) in [6, 6.07) is 2.61. The number of halogens is 1. The molecule has 0 atom stereocenters. The summed E-state index contributed by atoms with van der Waals surface area (Å²) in [6.45, 7) is 0.0161. The van der Waals surface area contributed by atoms with Gasteiger partial charge in [0.1, 0.15) is 10.7 Å². The first kappa shape index (κ1) is 18.0. The molecule has 6 nitrogen and oxygen atoms in total. The predicted octanol–water partition coefficient (Wildman–Crippen LogP) is 0.574. The van der Waals surface area contributed by atoms with E-state index in [1.165, 1.54) is 0 Å². The van der Waals surface area contributed by atoms with Crippen LogP contribution < -0.4 is 10.5 Å². The van der Waals surface area contributed by atoms with Crippen molar-refractivity contribution in [3.63, 3.8) is 0 Å². The number of sulfone groups is 1. The molecule has 3 N–H and O–H groups in total. The predicted molar refractivity (Wildman–Crippen MR) is 80.7 cm³/mol. The maximum Gasteiger partial charge on any atom is 0.243 e. The number of nitrogens with one attached hydrogen (secondary N) is 1. The minimum absolute atomic E-state index is 0.0161. The average molecular weight is 354 g/mol. The number of nitrogens with two attached hydrogens (primary N) is 1. The topological polar surface area (TPSA) is 106 Å². The van der Waals surface area contributed by atoms with Crippen LogP contribution in [0.5, 0.6) is 0 Å². The summed E-state index contributed by atoms with van der Waals surface area (Å²) >= 11 is 4.65. The molecule has 1 aromatic carbocycles. The van der Waals surface area contributed by atoms with Gasteiger partial charge in [0.05, 0.1) is 9.88 Å². The number of sulfonamides is 1. The lowest BCUT2D eigenvalue weighted by molar-refractivity contribution is 0.554. The molecule has 0 aliphatic rings. The highest BCUT2D eigenvalue weighted by molar-refractivity contribution is 7.91. The van der Waals surface area contributed by atoms with Gasteiger partial charge in [-0.1, -0.05) is 12.2 Å². The van der Waals surface area contributed by atoms with Crippen LogP contribution in [0.1, 0.15) is 12.8 Å². The van der Waals surface area contributed by atoms with E-state index >= 15 is 0 Å². The zero-order valence-corrected chi connectivity index (χ0v) is 13.6. The molecule has 0 unspecified atom stereocenters. The molecule has 0 fully saturated rings. The van der Waals surface area contributed by atoms with E-state index in [4.69, 9.17) is 5.73 Å². The molecule has 0 radical (unpaired) electrons. The molecule has 0 aliphatic carbocycles. The molecule has 21 heavy (non-hydrogen) atoms. The molecule has 118 valence electrons. The van der Waals surface area contributed by atoms with Crippen LogP contribution >= 0.6 is 12.2 Å². The molecule has 1 aromatic rings. The van der Waals surface area contributed by atoms with E-state index in [9.17, 15) is 21.2 Å². The smallest absolute Gasteiger partial charge is 0.243 e. The standard InChI is InChI=1S/C11H15FN2O4S3/c1-20(15,16)8-4-5-9(12)10(7-8)21(17,18)14-6-2-3-11(13)19/h4-5,7,14H,2-3,6H2,1H3,(H2,13,19). The van der Waals surface area contributed by atoms with Gasteiger partial charge in [-0.2, -0.15) is 0 Å². The van der Waals surface area contributed by atoms with Crippen molar-refractivity contribution < 1.29 is 21.2 Å². The van der Waals surface area contributed by atoms with Gasteiger partial charge in [-0.3, -0.25) is 0 Å². The minimum Gasteiger partial charge on any atom is -0.393 e. The lowest BCUT2D eigenvalue weighted by atomic mass is 10.3. The maximum absolute atomic E-state index is 13.6. The Hall–Kier alpha value is -1.10. The van der Waals surface area contributed by atoms with E-state index in [1.54, 1.807) is 0 Å². The third-order valence-electron chi connectivity index (χ3n) is 2.51. The largest absolute Gasteiger partial charge is 0.393 e. The van der Waals surface area contributed by atoms with Crippen LogP contribution in [0.4, 0.5) is 4.39 Å². The lowest BCUT2D eigenvalue weighted by Gasteiger charge is -2.09. The van der Waals surface area contributed by atoms with E-state index in [0.29, 0.717) is 12.8 Å². The third kappa shape index (κ3) is 5.30. The van der Waals surface area contributed by atoms with Gasteiger partial charge in [0, 0.05) is 12.8 Å². The van der Waals surface area contributed by atoms with Crippen molar-refractivity contribution >= 4 is 37.1 Å². The second-order valence-electron chi connectivity index (χ2n) is 4.33. The number of rotatable bonds is 7. The number of hydrogen-bond donors (Lipinski definition) is 2. The van der Waals surface area contributed by atoms with Crippen LogP contribution in [-0.4, -0.2) is 34.6 Å². The van der Waals surface area contributed by atoms with Gasteiger partial charge < -0.3 is 5.73 Å². The molecular formula is C11H15FN2O4S3. The van der Waals surface area contributed by atoms with E-state index in [2.05, 4.69) is 16.9 Å². The molecule has 1 rings (SSSR count). The Balaban J connectivity index is 3.00. The summed E-state index contributed by atoms with van der Waals surface area (Å²) in [4.78, 5) is -0.729. The molecule has 0 saturated heterocycles. The van der Waals surface area contributed by atoms with Crippen molar-refractivity contribution in [3.05, 3.63) is 24.0 Å². The average Bonchev–Trinajstić information content (AvgIpc) is 2.33. The van der Waals surface area contributed by atoms with Crippen LogP contribution in [0, 0.1) is 5.82 Å². The number of hydrogen-bond acceptors (Lipinski definition) is 5. The molecule has 0 aromatic heterocycles. The molecule has 0 saturated carbocycles. The molecule has 0 aliphatic heterocycles. The highest BCUT2D eigenvalue weighted by Crippen LogP contribution is 2.19. The summed E-state index contributed by atoms with van der Waals surface area (Å²) < 4.78 is 62.5. The second-order valence-corrected chi connectivity index (χ2v) is 8.61. The maximum atomic E-state index is 13.6. The van der Waals surface area contributed by atoms with Crippen LogP contribution in [0.2, 0.25) is 0 Å². The van der Waals surface area contributed by atoms with E-state index in [0.717, 1.165) is 24.5 Å². The Morgan fingerprint density at radius 2 is 1.95 bits per heavy atom. The summed E-state index contributed by atoms with van der Waals surface area (Å²) in [6.07, 6.45) is 1.62. The fourth-order valence-corrected chi connectivity index (χ4v) is 3.51. The van der Waals surface area contributed by atoms with Crippen molar-refractivity contribution in [1.82, 2.24) is 4.72 Å². The summed E-state index contributed by atoms with van der Waals surface area (Å²) in [5.74, 6) is -1.02. The van der Waals surface area contributed by atoms with Crippen molar-refractivity contribution in [2.24, 2.45) is 5.73 Å². The monoisotopic (exact) mass is 354 g/mol. The quantitative estimate of drug-likeness (QED) is 0.421. The first-order valence-corrected chi connectivity index (χ1v) is 9.60. The van der Waals surface area contributed by atoms with Crippen LogP contribution in [0.3, 0.4) is 0 Å². The Morgan fingerprint density at radius 1 is 1.33 bits per heavy atom. The molecule has 0 bridgehead atoms. The minimum atomic E-state index is -4.15.